The Balaban J connectivity index is 1.78. The van der Waals surface area contributed by atoms with Crippen LogP contribution in [0.15, 0.2) is 6.07 Å². The third-order valence-corrected chi connectivity index (χ3v) is 4.99. The van der Waals surface area contributed by atoms with E-state index >= 15 is 0 Å². The summed E-state index contributed by atoms with van der Waals surface area (Å²) < 4.78 is 0. The molecule has 2 aliphatic rings. The second-order valence-corrected chi connectivity index (χ2v) is 6.90. The molecule has 0 N–H and O–H groups in total. The van der Waals surface area contributed by atoms with E-state index in [2.05, 4.69) is 35.9 Å². The molecule has 0 spiro atoms. The molecule has 110 valence electrons. The number of likely N-dealkylation sites (N-methyl/N-ethyl adjacent to an activating group) is 2. The van der Waals surface area contributed by atoms with E-state index < -0.39 is 0 Å². The van der Waals surface area contributed by atoms with Crippen LogP contribution < -0.4 is 4.90 Å². The van der Waals surface area contributed by atoms with E-state index in [0.717, 1.165) is 18.2 Å². The highest BCUT2D eigenvalue weighted by atomic mass is 35.5. The molecule has 0 bridgehead atoms. The molecule has 0 saturated heterocycles. The Morgan fingerprint density at radius 3 is 2.45 bits per heavy atom. The van der Waals surface area contributed by atoms with E-state index in [4.69, 9.17) is 16.6 Å². The predicted octanol–water partition coefficient (Wildman–Crippen LogP) is 2.93. The fourth-order valence-electron chi connectivity index (χ4n) is 3.00. The van der Waals surface area contributed by atoms with Crippen LogP contribution in [-0.2, 0) is 0 Å². The maximum atomic E-state index is 6.16. The fraction of sp³-hybridized carbons (Fsp3) is 0.733. The topological polar surface area (TPSA) is 32.3 Å². The lowest BCUT2D eigenvalue weighted by molar-refractivity contribution is 0.0681. The first-order valence-corrected chi connectivity index (χ1v) is 7.81. The molecule has 1 aromatic rings. The van der Waals surface area contributed by atoms with Crippen LogP contribution in [0.4, 0.5) is 5.82 Å². The van der Waals surface area contributed by atoms with Gasteiger partial charge in [-0.2, -0.15) is 0 Å². The van der Waals surface area contributed by atoms with Crippen LogP contribution in [-0.4, -0.2) is 48.1 Å². The number of aromatic nitrogens is 2. The summed E-state index contributed by atoms with van der Waals surface area (Å²) in [5.41, 5.74) is 0.298. The lowest BCUT2D eigenvalue weighted by Gasteiger charge is -2.49. The first kappa shape index (κ1) is 14.1. The number of hydrogen-bond acceptors (Lipinski definition) is 4. The van der Waals surface area contributed by atoms with Gasteiger partial charge in [-0.05, 0) is 46.2 Å². The molecule has 0 aliphatic heterocycles. The van der Waals surface area contributed by atoms with Gasteiger partial charge in [0.2, 0.25) is 0 Å². The van der Waals surface area contributed by atoms with Crippen molar-refractivity contribution in [1.82, 2.24) is 14.9 Å². The van der Waals surface area contributed by atoms with Crippen molar-refractivity contribution in [3.63, 3.8) is 0 Å². The van der Waals surface area contributed by atoms with Gasteiger partial charge >= 0.3 is 0 Å². The largest absolute Gasteiger partial charge is 0.358 e. The summed E-state index contributed by atoms with van der Waals surface area (Å²) in [5.74, 6) is 2.42. The average Bonchev–Trinajstić information content (AvgIpc) is 3.16. The van der Waals surface area contributed by atoms with E-state index in [1.165, 1.54) is 32.1 Å². The van der Waals surface area contributed by atoms with Gasteiger partial charge in [0.05, 0.1) is 0 Å². The molecule has 0 unspecified atom stereocenters. The zero-order valence-electron chi connectivity index (χ0n) is 12.6. The summed E-state index contributed by atoms with van der Waals surface area (Å²) in [7, 11) is 6.46. The number of hydrogen-bond donors (Lipinski definition) is 0. The number of anilines is 1. The summed E-state index contributed by atoms with van der Waals surface area (Å²) >= 11 is 6.16. The Morgan fingerprint density at radius 1 is 1.25 bits per heavy atom. The Morgan fingerprint density at radius 2 is 1.95 bits per heavy atom. The minimum atomic E-state index is 0.298. The highest BCUT2D eigenvalue weighted by Gasteiger charge is 2.40. The second kappa shape index (κ2) is 5.15. The van der Waals surface area contributed by atoms with Crippen molar-refractivity contribution in [1.29, 1.82) is 0 Å². The summed E-state index contributed by atoms with van der Waals surface area (Å²) in [6.07, 6.45) is 6.25. The smallest absolute Gasteiger partial charge is 0.135 e. The van der Waals surface area contributed by atoms with Crippen molar-refractivity contribution in [2.24, 2.45) is 0 Å². The van der Waals surface area contributed by atoms with E-state index in [1.54, 1.807) is 0 Å². The molecule has 1 heterocycles. The number of rotatable bonds is 5. The van der Waals surface area contributed by atoms with Crippen LogP contribution in [0.25, 0.3) is 0 Å². The second-order valence-electron chi connectivity index (χ2n) is 6.51. The summed E-state index contributed by atoms with van der Waals surface area (Å²) in [6, 6.07) is 1.88. The first-order valence-electron chi connectivity index (χ1n) is 7.43. The third-order valence-electron chi connectivity index (χ3n) is 4.80. The number of nitrogens with zero attached hydrogens (tertiary/aromatic N) is 4. The Kier molecular flexibility index (Phi) is 3.63. The zero-order chi connectivity index (χ0) is 14.3. The van der Waals surface area contributed by atoms with E-state index in [9.17, 15) is 0 Å². The molecule has 0 aromatic carbocycles. The molecule has 0 atom stereocenters. The van der Waals surface area contributed by atoms with E-state index in [0.29, 0.717) is 16.6 Å². The Bertz CT molecular complexity index is 495. The predicted molar refractivity (Wildman–Crippen MR) is 82.6 cm³/mol. The molecule has 2 fully saturated rings. The highest BCUT2D eigenvalue weighted by molar-refractivity contribution is 6.29. The third kappa shape index (κ3) is 2.63. The molecule has 1 aromatic heterocycles. The van der Waals surface area contributed by atoms with E-state index in [-0.39, 0.29) is 0 Å². The van der Waals surface area contributed by atoms with Crippen LogP contribution >= 0.6 is 11.6 Å². The van der Waals surface area contributed by atoms with Gasteiger partial charge in [0.25, 0.3) is 0 Å². The molecule has 0 amide bonds. The van der Waals surface area contributed by atoms with E-state index in [1.807, 2.05) is 6.07 Å². The molecule has 20 heavy (non-hydrogen) atoms. The quantitative estimate of drug-likeness (QED) is 0.782. The van der Waals surface area contributed by atoms with Crippen molar-refractivity contribution >= 4 is 17.4 Å². The summed E-state index contributed by atoms with van der Waals surface area (Å²) in [4.78, 5) is 13.7. The van der Waals surface area contributed by atoms with Gasteiger partial charge in [-0.1, -0.05) is 11.6 Å². The summed E-state index contributed by atoms with van der Waals surface area (Å²) in [6.45, 7) is 0.997. The maximum absolute atomic E-state index is 6.16. The molecule has 5 heteroatoms. The molecular formula is C15H23ClN4. The van der Waals surface area contributed by atoms with Gasteiger partial charge in [-0.15, -0.1) is 0 Å². The highest BCUT2D eigenvalue weighted by Crippen LogP contribution is 2.40. The molecule has 2 aliphatic carbocycles. The minimum absolute atomic E-state index is 0.298. The summed E-state index contributed by atoms with van der Waals surface area (Å²) in [5, 5.41) is 0.566. The first-order chi connectivity index (χ1) is 9.50. The van der Waals surface area contributed by atoms with Gasteiger partial charge in [0.15, 0.2) is 0 Å². The van der Waals surface area contributed by atoms with Crippen LogP contribution in [0.1, 0.15) is 43.8 Å². The van der Waals surface area contributed by atoms with Crippen molar-refractivity contribution < 1.29 is 0 Å². The Hall–Kier alpha value is -0.870. The van der Waals surface area contributed by atoms with Crippen molar-refractivity contribution in [2.45, 2.75) is 43.6 Å². The lowest BCUT2D eigenvalue weighted by atomic mass is 9.75. The fourth-order valence-corrected chi connectivity index (χ4v) is 3.18. The van der Waals surface area contributed by atoms with Crippen molar-refractivity contribution in [3.8, 4) is 0 Å². The van der Waals surface area contributed by atoms with Crippen LogP contribution in [0, 0.1) is 0 Å². The molecular weight excluding hydrogens is 272 g/mol. The zero-order valence-corrected chi connectivity index (χ0v) is 13.3. The van der Waals surface area contributed by atoms with Gasteiger partial charge in [0, 0.05) is 31.1 Å². The monoisotopic (exact) mass is 294 g/mol. The average molecular weight is 295 g/mol. The van der Waals surface area contributed by atoms with Gasteiger partial charge < -0.3 is 9.80 Å². The van der Waals surface area contributed by atoms with Crippen LogP contribution in [0.3, 0.4) is 0 Å². The van der Waals surface area contributed by atoms with Gasteiger partial charge in [0.1, 0.15) is 16.8 Å². The van der Waals surface area contributed by atoms with Crippen LogP contribution in [0.2, 0.25) is 5.15 Å². The van der Waals surface area contributed by atoms with Crippen molar-refractivity contribution in [2.75, 3.05) is 32.6 Å². The lowest BCUT2D eigenvalue weighted by Crippen LogP contribution is -2.56. The maximum Gasteiger partial charge on any atom is 0.135 e. The minimum Gasteiger partial charge on any atom is -0.358 e. The van der Waals surface area contributed by atoms with Gasteiger partial charge in [-0.25, -0.2) is 9.97 Å². The van der Waals surface area contributed by atoms with Crippen molar-refractivity contribution in [3.05, 3.63) is 17.0 Å². The molecule has 0 radical (unpaired) electrons. The molecule has 3 rings (SSSR count). The Labute approximate surface area is 126 Å². The molecule has 2 saturated carbocycles. The number of halogens is 1. The SMILES string of the molecule is CN(CC1(N(C)C)CCC1)c1cc(Cl)nc(C2CC2)n1. The standard InChI is InChI=1S/C15H23ClN4/c1-19(2)15(7-4-8-15)10-20(3)13-9-12(16)17-14(18-13)11-5-6-11/h9,11H,4-8,10H2,1-3H3. The van der Waals surface area contributed by atoms with Crippen LogP contribution in [0.5, 0.6) is 0 Å². The molecule has 4 nitrogen and oxygen atoms in total. The normalized spacial score (nSPS) is 20.9. The van der Waals surface area contributed by atoms with Gasteiger partial charge in [-0.3, -0.25) is 0 Å².